The van der Waals surface area contributed by atoms with Gasteiger partial charge in [0.2, 0.25) is 5.91 Å². The van der Waals surface area contributed by atoms with Gasteiger partial charge in [0.15, 0.2) is 0 Å². The predicted octanol–water partition coefficient (Wildman–Crippen LogP) is 5.87. The Morgan fingerprint density at radius 2 is 1.40 bits per heavy atom. The fourth-order valence-electron chi connectivity index (χ4n) is 4.33. The van der Waals surface area contributed by atoms with Crippen molar-refractivity contribution in [1.82, 2.24) is 10.3 Å². The van der Waals surface area contributed by atoms with Gasteiger partial charge < -0.3 is 10.2 Å². The number of carbonyl (C=O) groups is 3. The summed E-state index contributed by atoms with van der Waals surface area (Å²) >= 11 is 1.59. The van der Waals surface area contributed by atoms with Crippen LogP contribution in [0.1, 0.15) is 49.7 Å². The topological polar surface area (TPSA) is 90.9 Å². The lowest BCUT2D eigenvalue weighted by Gasteiger charge is -2.24. The molecule has 40 heavy (non-hydrogen) atoms. The van der Waals surface area contributed by atoms with Crippen LogP contribution in [0.5, 0.6) is 0 Å². The number of thioether (sulfide) groups is 1. The molecule has 1 heterocycles. The van der Waals surface area contributed by atoms with E-state index in [4.69, 9.17) is 0 Å². The molecule has 2 N–H and O–H groups in total. The van der Waals surface area contributed by atoms with Gasteiger partial charge >= 0.3 is 0 Å². The van der Waals surface area contributed by atoms with Gasteiger partial charge in [0.05, 0.1) is 11.5 Å². The second-order valence-electron chi connectivity index (χ2n) is 9.33. The van der Waals surface area contributed by atoms with Gasteiger partial charge in [0.1, 0.15) is 5.37 Å². The number of anilines is 1. The normalized spacial score (nSPS) is 15.1. The maximum absolute atomic E-state index is 12.7. The quantitative estimate of drug-likeness (QED) is 0.213. The molecule has 8 heteroatoms. The lowest BCUT2D eigenvalue weighted by molar-refractivity contribution is -0.128. The van der Waals surface area contributed by atoms with E-state index in [2.05, 4.69) is 15.8 Å². The van der Waals surface area contributed by atoms with Crippen LogP contribution in [0.25, 0.3) is 0 Å². The van der Waals surface area contributed by atoms with Crippen LogP contribution >= 0.6 is 11.8 Å². The third-order valence-electron chi connectivity index (χ3n) is 6.54. The van der Waals surface area contributed by atoms with Gasteiger partial charge in [0, 0.05) is 23.4 Å². The van der Waals surface area contributed by atoms with Crippen LogP contribution in [-0.2, 0) is 11.3 Å². The van der Waals surface area contributed by atoms with Crippen LogP contribution in [0.4, 0.5) is 5.69 Å². The average molecular weight is 549 g/mol. The van der Waals surface area contributed by atoms with Crippen molar-refractivity contribution in [1.29, 1.82) is 0 Å². The van der Waals surface area contributed by atoms with Crippen LogP contribution in [0.2, 0.25) is 0 Å². The molecule has 3 amide bonds. The SMILES string of the molecule is C/C(=N/NC(=O)c1ccc([C@@H]2SCC(=O)N2Cc2ccccc2)cc1)c1ccc(NC(=O)c2ccccc2)cc1. The molecule has 1 aliphatic heterocycles. The molecule has 0 unspecified atom stereocenters. The molecule has 0 bridgehead atoms. The molecule has 1 saturated heterocycles. The zero-order valence-electron chi connectivity index (χ0n) is 21.9. The lowest BCUT2D eigenvalue weighted by atomic mass is 10.1. The highest BCUT2D eigenvalue weighted by atomic mass is 32.2. The summed E-state index contributed by atoms with van der Waals surface area (Å²) in [4.78, 5) is 39.5. The molecule has 1 aliphatic rings. The zero-order chi connectivity index (χ0) is 27.9. The molecule has 0 spiro atoms. The summed E-state index contributed by atoms with van der Waals surface area (Å²) in [7, 11) is 0. The third-order valence-corrected chi connectivity index (χ3v) is 7.80. The summed E-state index contributed by atoms with van der Waals surface area (Å²) < 4.78 is 0. The standard InChI is InChI=1S/C32H28N4O3S/c1-22(24-16-18-28(19-17-24)33-30(38)25-10-6-3-7-11-25)34-35-31(39)26-12-14-27(15-13-26)32-36(29(37)21-40-32)20-23-8-4-2-5-9-23/h2-19,32H,20-21H2,1H3,(H,33,38)(H,35,39)/b34-22-/t32-/m0/s1. The monoisotopic (exact) mass is 548 g/mol. The molecule has 1 atom stereocenters. The van der Waals surface area contributed by atoms with E-state index in [1.807, 2.05) is 77.7 Å². The first-order valence-corrected chi connectivity index (χ1v) is 13.9. The number of nitrogens with one attached hydrogen (secondary N) is 2. The fraction of sp³-hybridized carbons (Fsp3) is 0.125. The van der Waals surface area contributed by atoms with Crippen LogP contribution in [-0.4, -0.2) is 34.1 Å². The van der Waals surface area contributed by atoms with E-state index in [1.54, 1.807) is 55.1 Å². The Balaban J connectivity index is 1.18. The maximum Gasteiger partial charge on any atom is 0.271 e. The molecular weight excluding hydrogens is 520 g/mol. The van der Waals surface area contributed by atoms with Gasteiger partial charge in [-0.3, -0.25) is 14.4 Å². The minimum atomic E-state index is -0.325. The number of carbonyl (C=O) groups excluding carboxylic acids is 3. The van der Waals surface area contributed by atoms with Crippen molar-refractivity contribution in [3.05, 3.63) is 137 Å². The number of hydrogen-bond donors (Lipinski definition) is 2. The molecular formula is C32H28N4O3S. The van der Waals surface area contributed by atoms with E-state index in [0.29, 0.717) is 34.8 Å². The number of benzene rings is 4. The molecule has 4 aromatic carbocycles. The first-order chi connectivity index (χ1) is 19.5. The van der Waals surface area contributed by atoms with Crippen molar-refractivity contribution in [2.75, 3.05) is 11.1 Å². The molecule has 1 fully saturated rings. The molecule has 0 aliphatic carbocycles. The highest BCUT2D eigenvalue weighted by Crippen LogP contribution is 2.39. The number of amides is 3. The van der Waals surface area contributed by atoms with E-state index >= 15 is 0 Å². The first-order valence-electron chi connectivity index (χ1n) is 12.8. The molecule has 0 radical (unpaired) electrons. The summed E-state index contributed by atoms with van der Waals surface area (Å²) in [5.41, 5.74) is 7.84. The Bertz CT molecular complexity index is 1520. The third kappa shape index (κ3) is 6.47. The van der Waals surface area contributed by atoms with Gasteiger partial charge in [-0.15, -0.1) is 11.8 Å². The van der Waals surface area contributed by atoms with Crippen molar-refractivity contribution in [3.8, 4) is 0 Å². The van der Waals surface area contributed by atoms with Gasteiger partial charge in [-0.25, -0.2) is 5.43 Å². The second-order valence-corrected chi connectivity index (χ2v) is 10.4. The van der Waals surface area contributed by atoms with E-state index in [-0.39, 0.29) is 23.1 Å². The van der Waals surface area contributed by atoms with Crippen LogP contribution in [0, 0.1) is 0 Å². The summed E-state index contributed by atoms with van der Waals surface area (Å²) in [6, 6.07) is 33.5. The minimum absolute atomic E-state index is 0.0921. The molecule has 200 valence electrons. The smallest absolute Gasteiger partial charge is 0.271 e. The van der Waals surface area contributed by atoms with E-state index in [9.17, 15) is 14.4 Å². The van der Waals surface area contributed by atoms with Gasteiger partial charge in [-0.1, -0.05) is 72.8 Å². The lowest BCUT2D eigenvalue weighted by Crippen LogP contribution is -2.27. The summed E-state index contributed by atoms with van der Waals surface area (Å²) in [5, 5.41) is 7.02. The van der Waals surface area contributed by atoms with Crippen LogP contribution in [0.15, 0.2) is 114 Å². The summed E-state index contributed by atoms with van der Waals surface area (Å²) in [5.74, 6) is 0.0405. The Kier molecular flexibility index (Phi) is 8.37. The molecule has 7 nitrogen and oxygen atoms in total. The number of rotatable bonds is 8. The zero-order valence-corrected chi connectivity index (χ0v) is 22.7. The number of hydrazone groups is 1. The van der Waals surface area contributed by atoms with Crippen molar-refractivity contribution >= 4 is 40.9 Å². The molecule has 0 saturated carbocycles. The van der Waals surface area contributed by atoms with Gasteiger partial charge in [-0.05, 0) is 60.0 Å². The van der Waals surface area contributed by atoms with Crippen LogP contribution < -0.4 is 10.7 Å². The Morgan fingerprint density at radius 3 is 2.08 bits per heavy atom. The van der Waals surface area contributed by atoms with Gasteiger partial charge in [0.25, 0.3) is 11.8 Å². The summed E-state index contributed by atoms with van der Waals surface area (Å²) in [6.45, 7) is 2.35. The van der Waals surface area contributed by atoms with E-state index in [1.165, 1.54) is 0 Å². The van der Waals surface area contributed by atoms with E-state index < -0.39 is 0 Å². The second kappa shape index (κ2) is 12.4. The van der Waals surface area contributed by atoms with Crippen LogP contribution in [0.3, 0.4) is 0 Å². The highest BCUT2D eigenvalue weighted by Gasteiger charge is 2.32. The summed E-state index contributed by atoms with van der Waals surface area (Å²) in [6.07, 6.45) is 0. The van der Waals surface area contributed by atoms with Crippen molar-refractivity contribution in [2.45, 2.75) is 18.8 Å². The largest absolute Gasteiger partial charge is 0.322 e. The van der Waals surface area contributed by atoms with Crippen molar-refractivity contribution in [2.24, 2.45) is 5.10 Å². The van der Waals surface area contributed by atoms with Crippen molar-refractivity contribution in [3.63, 3.8) is 0 Å². The Labute approximate surface area is 237 Å². The highest BCUT2D eigenvalue weighted by molar-refractivity contribution is 8.00. The first kappa shape index (κ1) is 26.9. The average Bonchev–Trinajstić information content (AvgIpc) is 3.36. The fourth-order valence-corrected chi connectivity index (χ4v) is 5.52. The molecule has 0 aromatic heterocycles. The van der Waals surface area contributed by atoms with Gasteiger partial charge in [-0.2, -0.15) is 5.10 Å². The predicted molar refractivity (Wildman–Crippen MR) is 159 cm³/mol. The van der Waals surface area contributed by atoms with E-state index in [0.717, 1.165) is 16.7 Å². The Hall–Kier alpha value is -4.69. The number of nitrogens with zero attached hydrogens (tertiary/aromatic N) is 2. The number of hydrogen-bond acceptors (Lipinski definition) is 5. The maximum atomic E-state index is 12.7. The molecule has 4 aromatic rings. The van der Waals surface area contributed by atoms with Crippen molar-refractivity contribution < 1.29 is 14.4 Å². The minimum Gasteiger partial charge on any atom is -0.322 e. The molecule has 5 rings (SSSR count). The Morgan fingerprint density at radius 1 is 0.800 bits per heavy atom.